The zero-order valence-electron chi connectivity index (χ0n) is 18.5. The van der Waals surface area contributed by atoms with Gasteiger partial charge in [0.25, 0.3) is 0 Å². The minimum Gasteiger partial charge on any atom is -0.454 e. The number of hydrogen-bond acceptors (Lipinski definition) is 4. The number of hydrogen-bond donors (Lipinski definition) is 1. The average Bonchev–Trinajstić information content (AvgIpc) is 3.45. The summed E-state index contributed by atoms with van der Waals surface area (Å²) in [5.41, 5.74) is 6.40. The highest BCUT2D eigenvalue weighted by Crippen LogP contribution is 2.38. The third-order valence-electron chi connectivity index (χ3n) is 6.61. The first-order chi connectivity index (χ1) is 16.2. The minimum atomic E-state index is -0.217. The molecule has 6 rings (SSSR count). The van der Waals surface area contributed by atoms with Crippen molar-refractivity contribution in [1.82, 2.24) is 14.9 Å². The topological polar surface area (TPSA) is 67.5 Å². The number of para-hydroxylation sites is 1. The Labute approximate surface area is 192 Å². The summed E-state index contributed by atoms with van der Waals surface area (Å²) >= 11 is 0. The predicted molar refractivity (Wildman–Crippen MR) is 125 cm³/mol. The molecule has 2 aliphatic heterocycles. The highest BCUT2D eigenvalue weighted by atomic mass is 16.7. The summed E-state index contributed by atoms with van der Waals surface area (Å²) in [4.78, 5) is 23.9. The standard InChI is InChI=1S/C27H25N3O3/c1-17-5-4-8-22(28-17)27-26-20(19-6-2-3-7-21(19)29-26)13-14-30(27)25(31)12-10-18-9-11-23-24(15-18)33-16-32-23/h2-9,11,15,27,29H,10,12-14,16H2,1H3. The molecule has 0 aliphatic carbocycles. The van der Waals surface area contributed by atoms with Crippen LogP contribution >= 0.6 is 0 Å². The molecular weight excluding hydrogens is 414 g/mol. The first-order valence-electron chi connectivity index (χ1n) is 11.4. The van der Waals surface area contributed by atoms with Crippen LogP contribution in [-0.2, 0) is 17.6 Å². The number of aromatic amines is 1. The van der Waals surface area contributed by atoms with E-state index in [1.54, 1.807) is 0 Å². The molecular formula is C27H25N3O3. The number of benzene rings is 2. The molecule has 1 amide bonds. The van der Waals surface area contributed by atoms with E-state index < -0.39 is 0 Å². The van der Waals surface area contributed by atoms with Gasteiger partial charge in [-0.1, -0.05) is 30.3 Å². The van der Waals surface area contributed by atoms with Crippen molar-refractivity contribution in [3.05, 3.63) is 88.9 Å². The fourth-order valence-corrected chi connectivity index (χ4v) is 5.02. The molecule has 166 valence electrons. The van der Waals surface area contributed by atoms with Gasteiger partial charge in [-0.25, -0.2) is 0 Å². The van der Waals surface area contributed by atoms with Crippen LogP contribution in [0.3, 0.4) is 0 Å². The number of carbonyl (C=O) groups is 1. The van der Waals surface area contributed by atoms with Crippen LogP contribution in [-0.4, -0.2) is 34.1 Å². The van der Waals surface area contributed by atoms with Crippen molar-refractivity contribution in [3.8, 4) is 11.5 Å². The molecule has 0 spiro atoms. The van der Waals surface area contributed by atoms with Gasteiger partial charge in [0.1, 0.15) is 6.04 Å². The molecule has 2 aromatic carbocycles. The van der Waals surface area contributed by atoms with E-state index in [-0.39, 0.29) is 18.7 Å². The summed E-state index contributed by atoms with van der Waals surface area (Å²) in [6, 6.07) is 20.1. The Hall–Kier alpha value is -3.80. The summed E-state index contributed by atoms with van der Waals surface area (Å²) < 4.78 is 10.9. The van der Waals surface area contributed by atoms with Gasteiger partial charge in [0, 0.05) is 35.3 Å². The lowest BCUT2D eigenvalue weighted by molar-refractivity contribution is -0.133. The maximum atomic E-state index is 13.5. The van der Waals surface area contributed by atoms with Gasteiger partial charge in [0.2, 0.25) is 12.7 Å². The van der Waals surface area contributed by atoms with Crippen molar-refractivity contribution >= 4 is 16.8 Å². The maximum absolute atomic E-state index is 13.5. The van der Waals surface area contributed by atoms with E-state index in [9.17, 15) is 4.79 Å². The SMILES string of the molecule is Cc1cccc(C2c3[nH]c4ccccc4c3CCN2C(=O)CCc2ccc3c(c2)OCO3)n1. The molecule has 2 aliphatic rings. The van der Waals surface area contributed by atoms with Crippen LogP contribution in [0, 0.1) is 6.92 Å². The predicted octanol–water partition coefficient (Wildman–Crippen LogP) is 4.71. The third kappa shape index (κ3) is 3.52. The van der Waals surface area contributed by atoms with Gasteiger partial charge in [-0.15, -0.1) is 0 Å². The van der Waals surface area contributed by atoms with Gasteiger partial charge in [-0.2, -0.15) is 0 Å². The number of pyridine rings is 1. The van der Waals surface area contributed by atoms with Crippen LogP contribution in [0.15, 0.2) is 60.7 Å². The zero-order chi connectivity index (χ0) is 22.4. The number of aryl methyl sites for hydroxylation is 2. The van der Waals surface area contributed by atoms with E-state index in [0.29, 0.717) is 19.4 Å². The van der Waals surface area contributed by atoms with Gasteiger partial charge < -0.3 is 19.4 Å². The molecule has 1 unspecified atom stereocenters. The summed E-state index contributed by atoms with van der Waals surface area (Å²) in [5, 5.41) is 1.23. The molecule has 0 saturated heterocycles. The lowest BCUT2D eigenvalue weighted by Crippen LogP contribution is -2.41. The number of amides is 1. The molecule has 1 atom stereocenters. The largest absolute Gasteiger partial charge is 0.454 e. The molecule has 33 heavy (non-hydrogen) atoms. The Morgan fingerprint density at radius 3 is 2.88 bits per heavy atom. The molecule has 0 bridgehead atoms. The van der Waals surface area contributed by atoms with Crippen LogP contribution < -0.4 is 9.47 Å². The van der Waals surface area contributed by atoms with Crippen LogP contribution in [0.2, 0.25) is 0 Å². The lowest BCUT2D eigenvalue weighted by atomic mass is 9.94. The molecule has 2 aromatic heterocycles. The Morgan fingerprint density at radius 1 is 1.09 bits per heavy atom. The molecule has 0 radical (unpaired) electrons. The minimum absolute atomic E-state index is 0.130. The van der Waals surface area contributed by atoms with E-state index in [2.05, 4.69) is 23.2 Å². The Morgan fingerprint density at radius 2 is 1.97 bits per heavy atom. The number of rotatable bonds is 4. The first-order valence-corrected chi connectivity index (χ1v) is 11.4. The molecule has 6 nitrogen and oxygen atoms in total. The fourth-order valence-electron chi connectivity index (χ4n) is 5.02. The summed E-state index contributed by atoms with van der Waals surface area (Å²) in [7, 11) is 0. The second-order valence-electron chi connectivity index (χ2n) is 8.69. The summed E-state index contributed by atoms with van der Waals surface area (Å²) in [5.74, 6) is 1.64. The highest BCUT2D eigenvalue weighted by molar-refractivity contribution is 5.86. The number of fused-ring (bicyclic) bond motifs is 4. The fraction of sp³-hybridized carbons (Fsp3) is 0.259. The molecule has 1 N–H and O–H groups in total. The Balaban J connectivity index is 1.32. The maximum Gasteiger partial charge on any atom is 0.231 e. The molecule has 6 heteroatoms. The van der Waals surface area contributed by atoms with Gasteiger partial charge in [-0.05, 0) is 61.2 Å². The van der Waals surface area contributed by atoms with E-state index in [1.165, 1.54) is 10.9 Å². The summed E-state index contributed by atoms with van der Waals surface area (Å²) in [6.45, 7) is 2.92. The highest BCUT2D eigenvalue weighted by Gasteiger charge is 2.35. The quantitative estimate of drug-likeness (QED) is 0.500. The van der Waals surface area contributed by atoms with Gasteiger partial charge in [0.05, 0.1) is 5.69 Å². The Bertz CT molecular complexity index is 1360. The van der Waals surface area contributed by atoms with E-state index >= 15 is 0 Å². The van der Waals surface area contributed by atoms with E-state index in [4.69, 9.17) is 14.5 Å². The van der Waals surface area contributed by atoms with E-state index in [1.807, 2.05) is 54.3 Å². The number of aromatic nitrogens is 2. The molecule has 4 aromatic rings. The smallest absolute Gasteiger partial charge is 0.231 e. The van der Waals surface area contributed by atoms with Crippen LogP contribution in [0.25, 0.3) is 10.9 Å². The van der Waals surface area contributed by atoms with Gasteiger partial charge in [-0.3, -0.25) is 9.78 Å². The monoisotopic (exact) mass is 439 g/mol. The number of H-pyrrole nitrogens is 1. The van der Waals surface area contributed by atoms with Crippen LogP contribution in [0.1, 0.15) is 40.7 Å². The van der Waals surface area contributed by atoms with Crippen LogP contribution in [0.4, 0.5) is 0 Å². The second kappa shape index (κ2) is 7.96. The van der Waals surface area contributed by atoms with Crippen LogP contribution in [0.5, 0.6) is 11.5 Å². The number of nitrogens with one attached hydrogen (secondary N) is 1. The normalized spacial score (nSPS) is 16.8. The third-order valence-corrected chi connectivity index (χ3v) is 6.61. The number of carbonyl (C=O) groups excluding carboxylic acids is 1. The van der Waals surface area contributed by atoms with Crippen molar-refractivity contribution in [3.63, 3.8) is 0 Å². The van der Waals surface area contributed by atoms with Gasteiger partial charge >= 0.3 is 0 Å². The molecule has 0 saturated carbocycles. The van der Waals surface area contributed by atoms with Crippen molar-refractivity contribution < 1.29 is 14.3 Å². The van der Waals surface area contributed by atoms with Gasteiger partial charge in [0.15, 0.2) is 11.5 Å². The second-order valence-corrected chi connectivity index (χ2v) is 8.69. The Kier molecular flexibility index (Phi) is 4.79. The summed E-state index contributed by atoms with van der Waals surface area (Å²) in [6.07, 6.45) is 1.91. The average molecular weight is 440 g/mol. The van der Waals surface area contributed by atoms with Crippen molar-refractivity contribution in [2.24, 2.45) is 0 Å². The lowest BCUT2D eigenvalue weighted by Gasteiger charge is -2.36. The van der Waals surface area contributed by atoms with E-state index in [0.717, 1.165) is 46.1 Å². The van der Waals surface area contributed by atoms with Crippen molar-refractivity contribution in [2.45, 2.75) is 32.2 Å². The van der Waals surface area contributed by atoms with Crippen molar-refractivity contribution in [2.75, 3.05) is 13.3 Å². The molecule has 0 fully saturated rings. The zero-order valence-corrected chi connectivity index (χ0v) is 18.5. The number of nitrogens with zero attached hydrogens (tertiary/aromatic N) is 2. The first kappa shape index (κ1) is 19.9. The van der Waals surface area contributed by atoms with Crippen molar-refractivity contribution in [1.29, 1.82) is 0 Å². The number of ether oxygens (including phenoxy) is 2. The molecule has 4 heterocycles.